The number of H-pyrrole nitrogens is 1. The van der Waals surface area contributed by atoms with E-state index in [0.717, 1.165) is 18.0 Å². The third-order valence-electron chi connectivity index (χ3n) is 2.77. The van der Waals surface area contributed by atoms with Gasteiger partial charge < -0.3 is 5.32 Å². The van der Waals surface area contributed by atoms with E-state index in [1.54, 1.807) is 0 Å². The van der Waals surface area contributed by atoms with Crippen molar-refractivity contribution in [3.05, 3.63) is 30.2 Å². The highest BCUT2D eigenvalue weighted by atomic mass is 15.3. The highest BCUT2D eigenvalue weighted by Gasteiger charge is 2.25. The van der Waals surface area contributed by atoms with Crippen LogP contribution in [0.3, 0.4) is 0 Å². The fourth-order valence-corrected chi connectivity index (χ4v) is 2.06. The molecule has 2 aromatic rings. The van der Waals surface area contributed by atoms with Gasteiger partial charge in [-0.1, -0.05) is 6.07 Å². The summed E-state index contributed by atoms with van der Waals surface area (Å²) in [5.41, 5.74) is 0.983. The maximum atomic E-state index is 4.26. The molecular formula is C10H13N4+. The van der Waals surface area contributed by atoms with Crippen LogP contribution in [0.2, 0.25) is 0 Å². The average molecular weight is 189 g/mol. The summed E-state index contributed by atoms with van der Waals surface area (Å²) in [6, 6.07) is 6.48. The largest absolute Gasteiger partial charge is 0.306 e. The van der Waals surface area contributed by atoms with Crippen LogP contribution < -0.4 is 9.72 Å². The van der Waals surface area contributed by atoms with Gasteiger partial charge in [0.15, 0.2) is 0 Å². The second kappa shape index (κ2) is 3.06. The summed E-state index contributed by atoms with van der Waals surface area (Å²) < 4.78 is 2.11. The Kier molecular flexibility index (Phi) is 1.73. The summed E-state index contributed by atoms with van der Waals surface area (Å²) in [6.07, 6.45) is 4.49. The van der Waals surface area contributed by atoms with Crippen LogP contribution in [-0.2, 0) is 0 Å². The Morgan fingerprint density at radius 3 is 3.29 bits per heavy atom. The van der Waals surface area contributed by atoms with E-state index in [-0.39, 0.29) is 0 Å². The molecule has 0 radical (unpaired) electrons. The molecule has 0 amide bonds. The van der Waals surface area contributed by atoms with E-state index in [1.807, 2.05) is 24.4 Å². The number of rotatable bonds is 1. The van der Waals surface area contributed by atoms with Crippen molar-refractivity contribution in [2.45, 2.75) is 18.9 Å². The van der Waals surface area contributed by atoms with Crippen LogP contribution in [0.4, 0.5) is 0 Å². The first-order chi connectivity index (χ1) is 6.95. The topological polar surface area (TPSA) is 44.8 Å². The first-order valence-electron chi connectivity index (χ1n) is 5.03. The van der Waals surface area contributed by atoms with E-state index >= 15 is 0 Å². The van der Waals surface area contributed by atoms with Crippen LogP contribution in [0.25, 0.3) is 5.65 Å². The molecule has 1 unspecified atom stereocenters. The number of pyridine rings is 1. The number of aromatic amines is 1. The molecule has 72 valence electrons. The van der Waals surface area contributed by atoms with Gasteiger partial charge in [0.25, 0.3) is 5.82 Å². The zero-order chi connectivity index (χ0) is 9.38. The highest BCUT2D eigenvalue weighted by molar-refractivity contribution is 5.26. The fraction of sp³-hybridized carbons (Fsp3) is 0.400. The molecule has 2 N–H and O–H groups in total. The second-order valence-corrected chi connectivity index (χ2v) is 3.69. The minimum Gasteiger partial charge on any atom is -0.305 e. The second-order valence-electron chi connectivity index (χ2n) is 3.69. The summed E-state index contributed by atoms with van der Waals surface area (Å²) in [6.45, 7) is 1.11. The van der Waals surface area contributed by atoms with Crippen molar-refractivity contribution in [3.63, 3.8) is 0 Å². The Labute approximate surface area is 82.0 Å². The summed E-state index contributed by atoms with van der Waals surface area (Å²) in [7, 11) is 0. The molecule has 1 aliphatic heterocycles. The minimum atomic E-state index is 0.437. The number of aromatic nitrogens is 3. The Hall–Kier alpha value is -1.42. The molecule has 0 saturated carbocycles. The predicted molar refractivity (Wildman–Crippen MR) is 51.7 cm³/mol. The summed E-state index contributed by atoms with van der Waals surface area (Å²) in [5, 5.41) is 10.8. The van der Waals surface area contributed by atoms with Crippen molar-refractivity contribution < 1.29 is 4.40 Å². The number of nitrogens with one attached hydrogen (secondary N) is 2. The summed E-state index contributed by atoms with van der Waals surface area (Å²) in [4.78, 5) is 0. The smallest absolute Gasteiger partial charge is 0.305 e. The van der Waals surface area contributed by atoms with Gasteiger partial charge in [-0.05, 0) is 25.5 Å². The first-order valence-corrected chi connectivity index (χ1v) is 5.03. The van der Waals surface area contributed by atoms with Gasteiger partial charge >= 0.3 is 5.65 Å². The van der Waals surface area contributed by atoms with Gasteiger partial charge in [0, 0.05) is 11.2 Å². The third kappa shape index (κ3) is 1.11. The SMILES string of the molecule is c1cc[n+]2c(C3CCCN3)[nH]nc2c1. The number of hydrogen-bond acceptors (Lipinski definition) is 2. The molecule has 2 aromatic heterocycles. The number of fused-ring (bicyclic) bond motifs is 1. The summed E-state index contributed by atoms with van der Waals surface area (Å²) >= 11 is 0. The molecule has 3 heterocycles. The third-order valence-corrected chi connectivity index (χ3v) is 2.77. The summed E-state index contributed by atoms with van der Waals surface area (Å²) in [5.74, 6) is 1.16. The number of nitrogens with zero attached hydrogens (tertiary/aromatic N) is 2. The zero-order valence-corrected chi connectivity index (χ0v) is 7.90. The quantitative estimate of drug-likeness (QED) is 0.644. The van der Waals surface area contributed by atoms with Gasteiger partial charge in [-0.3, -0.25) is 0 Å². The molecule has 4 heteroatoms. The normalized spacial score (nSPS) is 21.9. The van der Waals surface area contributed by atoms with Gasteiger partial charge in [0.1, 0.15) is 0 Å². The molecular weight excluding hydrogens is 176 g/mol. The monoisotopic (exact) mass is 189 g/mol. The number of hydrogen-bond donors (Lipinski definition) is 2. The molecule has 0 aliphatic carbocycles. The van der Waals surface area contributed by atoms with Crippen LogP contribution >= 0.6 is 0 Å². The van der Waals surface area contributed by atoms with Crippen molar-refractivity contribution in [2.75, 3.05) is 6.54 Å². The Morgan fingerprint density at radius 1 is 1.43 bits per heavy atom. The van der Waals surface area contributed by atoms with E-state index in [9.17, 15) is 0 Å². The fourth-order valence-electron chi connectivity index (χ4n) is 2.06. The van der Waals surface area contributed by atoms with E-state index < -0.39 is 0 Å². The molecule has 0 bridgehead atoms. The van der Waals surface area contributed by atoms with Crippen LogP contribution in [0, 0.1) is 0 Å². The van der Waals surface area contributed by atoms with E-state index in [2.05, 4.69) is 19.9 Å². The molecule has 4 nitrogen and oxygen atoms in total. The van der Waals surface area contributed by atoms with Crippen LogP contribution in [0.1, 0.15) is 24.7 Å². The molecule has 0 aromatic carbocycles. The lowest BCUT2D eigenvalue weighted by atomic mass is 10.2. The van der Waals surface area contributed by atoms with Crippen molar-refractivity contribution in [1.82, 2.24) is 15.5 Å². The first kappa shape index (κ1) is 7.94. The lowest BCUT2D eigenvalue weighted by Gasteiger charge is -2.02. The van der Waals surface area contributed by atoms with Crippen molar-refractivity contribution in [2.24, 2.45) is 0 Å². The van der Waals surface area contributed by atoms with Crippen LogP contribution in [0.15, 0.2) is 24.4 Å². The van der Waals surface area contributed by atoms with E-state index in [1.165, 1.54) is 12.8 Å². The van der Waals surface area contributed by atoms with Crippen molar-refractivity contribution >= 4 is 5.65 Å². The average Bonchev–Trinajstić information content (AvgIpc) is 2.85. The van der Waals surface area contributed by atoms with Crippen molar-refractivity contribution in [3.8, 4) is 0 Å². The molecule has 14 heavy (non-hydrogen) atoms. The van der Waals surface area contributed by atoms with Gasteiger partial charge in [0.2, 0.25) is 0 Å². The van der Waals surface area contributed by atoms with Gasteiger partial charge in [0.05, 0.1) is 12.2 Å². The zero-order valence-electron chi connectivity index (χ0n) is 7.90. The van der Waals surface area contributed by atoms with Gasteiger partial charge in [-0.25, -0.2) is 4.40 Å². The highest BCUT2D eigenvalue weighted by Crippen LogP contribution is 2.18. The Bertz CT molecular complexity index is 442. The lowest BCUT2D eigenvalue weighted by molar-refractivity contribution is -0.524. The van der Waals surface area contributed by atoms with Gasteiger partial charge in [-0.15, -0.1) is 5.10 Å². The Balaban J connectivity index is 2.11. The van der Waals surface area contributed by atoms with E-state index in [0.29, 0.717) is 6.04 Å². The lowest BCUT2D eigenvalue weighted by Crippen LogP contribution is -2.30. The molecule has 3 rings (SSSR count). The van der Waals surface area contributed by atoms with Crippen LogP contribution in [0.5, 0.6) is 0 Å². The van der Waals surface area contributed by atoms with Gasteiger partial charge in [-0.2, -0.15) is 0 Å². The molecule has 1 atom stereocenters. The minimum absolute atomic E-state index is 0.437. The molecule has 1 fully saturated rings. The maximum absolute atomic E-state index is 4.26. The van der Waals surface area contributed by atoms with Crippen LogP contribution in [-0.4, -0.2) is 16.7 Å². The maximum Gasteiger partial charge on any atom is 0.306 e. The molecule has 1 aliphatic rings. The molecule has 1 saturated heterocycles. The molecule has 0 spiro atoms. The predicted octanol–water partition coefficient (Wildman–Crippen LogP) is 0.573. The van der Waals surface area contributed by atoms with Crippen molar-refractivity contribution in [1.29, 1.82) is 0 Å². The van der Waals surface area contributed by atoms with E-state index in [4.69, 9.17) is 0 Å². The standard InChI is InChI=1S/C10H12N4/c1-2-7-14-9(5-1)12-13-10(14)8-4-3-6-11-8/h1-2,5,7-8,11H,3-4,6H2/p+1. The Morgan fingerprint density at radius 2 is 2.43 bits per heavy atom.